The molecule has 0 aliphatic carbocycles. The van der Waals surface area contributed by atoms with E-state index in [2.05, 4.69) is 26.0 Å². The van der Waals surface area contributed by atoms with Crippen molar-refractivity contribution in [3.63, 3.8) is 0 Å². The van der Waals surface area contributed by atoms with Gasteiger partial charge in [0.15, 0.2) is 0 Å². The summed E-state index contributed by atoms with van der Waals surface area (Å²) in [6.45, 7) is 4.22. The van der Waals surface area contributed by atoms with Crippen LogP contribution in [-0.4, -0.2) is 0 Å². The minimum atomic E-state index is 0.818. The van der Waals surface area contributed by atoms with E-state index in [0.29, 0.717) is 0 Å². The van der Waals surface area contributed by atoms with Gasteiger partial charge in [-0.25, -0.2) is 0 Å². The molecule has 2 aromatic rings. The van der Waals surface area contributed by atoms with Crippen LogP contribution in [0.1, 0.15) is 11.1 Å². The average Bonchev–Trinajstić information content (AvgIpc) is 2.37. The highest BCUT2D eigenvalue weighted by atomic mass is 35.5. The number of fused-ring (bicyclic) bond motifs is 2. The summed E-state index contributed by atoms with van der Waals surface area (Å²) in [7, 11) is 0. The van der Waals surface area contributed by atoms with Crippen molar-refractivity contribution in [2.75, 3.05) is 0 Å². The Hall–Kier alpha value is -0.280. The van der Waals surface area contributed by atoms with Crippen molar-refractivity contribution in [2.24, 2.45) is 0 Å². The number of benzene rings is 2. The van der Waals surface area contributed by atoms with E-state index in [1.807, 2.05) is 12.1 Å². The molecule has 1 aliphatic heterocycles. The van der Waals surface area contributed by atoms with Crippen LogP contribution in [0.15, 0.2) is 43.8 Å². The molecule has 1 heterocycles. The topological polar surface area (TPSA) is 0 Å². The number of halogens is 2. The Kier molecular flexibility index (Phi) is 3.31. The molecule has 0 radical (unpaired) electrons. The summed E-state index contributed by atoms with van der Waals surface area (Å²) >= 11 is 16.1. The van der Waals surface area contributed by atoms with Crippen molar-refractivity contribution in [3.05, 3.63) is 45.4 Å². The SMILES string of the molecule is Cc1ccc(Cl)c2c1Sc1c(Cl)ccc(C)c1S2. The van der Waals surface area contributed by atoms with Gasteiger partial charge < -0.3 is 0 Å². The molecule has 2 aromatic carbocycles. The quantitative estimate of drug-likeness (QED) is 0.483. The first kappa shape index (κ1) is 12.7. The molecule has 0 nitrogen and oxygen atoms in total. The van der Waals surface area contributed by atoms with E-state index < -0.39 is 0 Å². The van der Waals surface area contributed by atoms with Gasteiger partial charge in [-0.05, 0) is 37.1 Å². The highest BCUT2D eigenvalue weighted by Gasteiger charge is 2.24. The molecule has 0 spiro atoms. The second-order valence-corrected chi connectivity index (χ2v) is 7.10. The fourth-order valence-electron chi connectivity index (χ4n) is 1.92. The number of hydrogen-bond acceptors (Lipinski definition) is 2. The summed E-state index contributed by atoms with van der Waals surface area (Å²) in [5, 5.41) is 1.64. The molecule has 0 saturated heterocycles. The Bertz CT molecular complexity index is 539. The van der Waals surface area contributed by atoms with E-state index in [1.165, 1.54) is 20.9 Å². The predicted molar refractivity (Wildman–Crippen MR) is 80.6 cm³/mol. The summed E-state index contributed by atoms with van der Waals surface area (Å²) < 4.78 is 0. The zero-order valence-electron chi connectivity index (χ0n) is 9.88. The molecule has 4 heteroatoms. The fraction of sp³-hybridized carbons (Fsp3) is 0.143. The van der Waals surface area contributed by atoms with Gasteiger partial charge in [-0.2, -0.15) is 0 Å². The third kappa shape index (κ3) is 1.96. The number of aryl methyl sites for hydroxylation is 2. The fourth-order valence-corrected chi connectivity index (χ4v) is 5.19. The summed E-state index contributed by atoms with van der Waals surface area (Å²) in [6, 6.07) is 8.05. The third-order valence-electron chi connectivity index (χ3n) is 2.93. The summed E-state index contributed by atoms with van der Waals surface area (Å²) in [6.07, 6.45) is 0. The normalized spacial score (nSPS) is 13.1. The lowest BCUT2D eigenvalue weighted by Gasteiger charge is -2.23. The Labute approximate surface area is 125 Å². The van der Waals surface area contributed by atoms with Gasteiger partial charge in [0.2, 0.25) is 0 Å². The zero-order chi connectivity index (χ0) is 12.9. The molecule has 18 heavy (non-hydrogen) atoms. The van der Waals surface area contributed by atoms with E-state index >= 15 is 0 Å². The molecule has 0 atom stereocenters. The van der Waals surface area contributed by atoms with Crippen molar-refractivity contribution >= 4 is 46.7 Å². The van der Waals surface area contributed by atoms with Crippen molar-refractivity contribution in [2.45, 2.75) is 33.4 Å². The van der Waals surface area contributed by atoms with Crippen LogP contribution in [0.25, 0.3) is 0 Å². The van der Waals surface area contributed by atoms with E-state index in [-0.39, 0.29) is 0 Å². The first-order valence-electron chi connectivity index (χ1n) is 5.52. The van der Waals surface area contributed by atoms with Crippen molar-refractivity contribution in [1.29, 1.82) is 0 Å². The minimum Gasteiger partial charge on any atom is -0.0858 e. The van der Waals surface area contributed by atoms with Crippen LogP contribution in [0.4, 0.5) is 0 Å². The highest BCUT2D eigenvalue weighted by Crippen LogP contribution is 2.54. The van der Waals surface area contributed by atoms with Crippen LogP contribution in [0.5, 0.6) is 0 Å². The lowest BCUT2D eigenvalue weighted by atomic mass is 10.2. The van der Waals surface area contributed by atoms with Gasteiger partial charge in [0, 0.05) is 19.6 Å². The van der Waals surface area contributed by atoms with Gasteiger partial charge in [0.1, 0.15) is 0 Å². The van der Waals surface area contributed by atoms with Gasteiger partial charge in [-0.1, -0.05) is 58.9 Å². The minimum absolute atomic E-state index is 0.818. The van der Waals surface area contributed by atoms with Gasteiger partial charge in [-0.15, -0.1) is 0 Å². The molecule has 0 amide bonds. The number of hydrogen-bond donors (Lipinski definition) is 0. The Morgan fingerprint density at radius 3 is 1.44 bits per heavy atom. The van der Waals surface area contributed by atoms with Crippen LogP contribution >= 0.6 is 46.7 Å². The first-order valence-corrected chi connectivity index (χ1v) is 7.90. The van der Waals surface area contributed by atoms with Crippen LogP contribution in [-0.2, 0) is 0 Å². The Morgan fingerprint density at radius 2 is 1.06 bits per heavy atom. The van der Waals surface area contributed by atoms with E-state index in [1.54, 1.807) is 23.5 Å². The largest absolute Gasteiger partial charge is 0.0858 e. The average molecular weight is 313 g/mol. The second kappa shape index (κ2) is 4.68. The van der Waals surface area contributed by atoms with E-state index in [9.17, 15) is 0 Å². The molecule has 1 aliphatic rings. The summed E-state index contributed by atoms with van der Waals surface area (Å²) in [5.74, 6) is 0. The highest BCUT2D eigenvalue weighted by molar-refractivity contribution is 8.05. The zero-order valence-corrected chi connectivity index (χ0v) is 13.0. The molecule has 0 bridgehead atoms. The Balaban J connectivity index is 2.24. The van der Waals surface area contributed by atoms with Crippen molar-refractivity contribution in [3.8, 4) is 0 Å². The molecule has 0 aromatic heterocycles. The van der Waals surface area contributed by atoms with Crippen LogP contribution in [0.3, 0.4) is 0 Å². The van der Waals surface area contributed by atoms with Gasteiger partial charge in [-0.3, -0.25) is 0 Å². The Morgan fingerprint density at radius 1 is 0.667 bits per heavy atom. The van der Waals surface area contributed by atoms with Crippen LogP contribution in [0, 0.1) is 13.8 Å². The molecule has 3 rings (SSSR count). The first-order chi connectivity index (χ1) is 8.58. The second-order valence-electron chi connectivity index (χ2n) is 4.25. The molecule has 0 saturated carbocycles. The predicted octanol–water partition coefficient (Wildman–Crippen LogP) is 6.23. The van der Waals surface area contributed by atoms with Gasteiger partial charge in [0.25, 0.3) is 0 Å². The van der Waals surface area contributed by atoms with Crippen molar-refractivity contribution < 1.29 is 0 Å². The smallest absolute Gasteiger partial charge is 0.0557 e. The van der Waals surface area contributed by atoms with E-state index in [0.717, 1.165) is 19.8 Å². The molecular formula is C14H10Cl2S2. The maximum atomic E-state index is 6.31. The lowest BCUT2D eigenvalue weighted by Crippen LogP contribution is -1.95. The summed E-state index contributed by atoms with van der Waals surface area (Å²) in [4.78, 5) is 4.76. The molecule has 0 unspecified atom stereocenters. The van der Waals surface area contributed by atoms with Gasteiger partial charge in [0.05, 0.1) is 10.0 Å². The van der Waals surface area contributed by atoms with Gasteiger partial charge >= 0.3 is 0 Å². The monoisotopic (exact) mass is 312 g/mol. The lowest BCUT2D eigenvalue weighted by molar-refractivity contribution is 1.09. The maximum Gasteiger partial charge on any atom is 0.0557 e. The van der Waals surface area contributed by atoms with Crippen LogP contribution in [0.2, 0.25) is 10.0 Å². The standard InChI is InChI=1S/C14H10Cl2S2/c1-7-3-5-9(15)13-11(7)17-14-10(16)6-4-8(2)12(14)18-13/h3-6H,1-2H3. The maximum absolute atomic E-state index is 6.31. The van der Waals surface area contributed by atoms with E-state index in [4.69, 9.17) is 23.2 Å². The molecular weight excluding hydrogens is 303 g/mol. The molecule has 92 valence electrons. The summed E-state index contributed by atoms with van der Waals surface area (Å²) in [5.41, 5.74) is 2.49. The third-order valence-corrected chi connectivity index (χ3v) is 6.76. The number of rotatable bonds is 0. The molecule has 0 N–H and O–H groups in total. The molecule has 0 fully saturated rings. The van der Waals surface area contributed by atoms with Crippen LogP contribution < -0.4 is 0 Å². The van der Waals surface area contributed by atoms with Crippen molar-refractivity contribution in [1.82, 2.24) is 0 Å².